The Balaban J connectivity index is 3.91. The van der Waals surface area contributed by atoms with Crippen LogP contribution in [0, 0.1) is 0 Å². The highest BCUT2D eigenvalue weighted by atomic mass is 16.4. The quantitative estimate of drug-likeness (QED) is 0.335. The molecule has 0 aromatic rings. The second kappa shape index (κ2) is 11.2. The summed E-state index contributed by atoms with van der Waals surface area (Å²) >= 11 is 0. The fraction of sp³-hybridized carbons (Fsp3) is 0.812. The summed E-state index contributed by atoms with van der Waals surface area (Å²) in [4.78, 5) is 33.3. The number of aliphatic carboxylic acids is 2. The first-order chi connectivity index (χ1) is 10.3. The van der Waals surface area contributed by atoms with Crippen LogP contribution in [-0.4, -0.2) is 38.6 Å². The van der Waals surface area contributed by atoms with Crippen molar-refractivity contribution in [2.24, 2.45) is 0 Å². The zero-order valence-corrected chi connectivity index (χ0v) is 13.3. The van der Waals surface area contributed by atoms with Gasteiger partial charge in [0, 0.05) is 6.42 Å². The molecule has 0 radical (unpaired) electrons. The lowest BCUT2D eigenvalue weighted by atomic mass is 9.91. The van der Waals surface area contributed by atoms with E-state index >= 15 is 0 Å². The van der Waals surface area contributed by atoms with Crippen molar-refractivity contribution < 1.29 is 29.7 Å². The first-order valence-electron chi connectivity index (χ1n) is 8.05. The second-order valence-corrected chi connectivity index (χ2v) is 5.74. The summed E-state index contributed by atoms with van der Waals surface area (Å²) in [5.74, 6) is -4.23. The second-order valence-electron chi connectivity index (χ2n) is 5.74. The monoisotopic (exact) mass is 316 g/mol. The van der Waals surface area contributed by atoms with Crippen LogP contribution in [0.1, 0.15) is 77.6 Å². The summed E-state index contributed by atoms with van der Waals surface area (Å²) in [6.07, 6.45) is 8.18. The zero-order valence-electron chi connectivity index (χ0n) is 13.3. The molecule has 3 N–H and O–H groups in total. The van der Waals surface area contributed by atoms with Gasteiger partial charge in [-0.25, -0.2) is 4.79 Å². The lowest BCUT2D eigenvalue weighted by molar-refractivity contribution is -0.171. The Kier molecular flexibility index (Phi) is 10.5. The fourth-order valence-electron chi connectivity index (χ4n) is 2.32. The lowest BCUT2D eigenvalue weighted by Crippen LogP contribution is -2.48. The van der Waals surface area contributed by atoms with Crippen LogP contribution in [0.5, 0.6) is 0 Å². The van der Waals surface area contributed by atoms with E-state index in [4.69, 9.17) is 10.2 Å². The van der Waals surface area contributed by atoms with Crippen LogP contribution in [0.4, 0.5) is 0 Å². The van der Waals surface area contributed by atoms with E-state index in [0.29, 0.717) is 6.42 Å². The third-order valence-electron chi connectivity index (χ3n) is 3.73. The maximum Gasteiger partial charge on any atom is 0.344 e. The first kappa shape index (κ1) is 20.6. The molecule has 0 aliphatic heterocycles. The molecule has 0 aliphatic carbocycles. The molecule has 0 aromatic heterocycles. The van der Waals surface area contributed by atoms with Crippen molar-refractivity contribution >= 4 is 17.7 Å². The van der Waals surface area contributed by atoms with Crippen LogP contribution in [0.25, 0.3) is 0 Å². The number of Topliss-reactive ketones (excluding diaryl/α,β-unsaturated/α-hetero) is 1. The number of aliphatic hydroxyl groups is 1. The van der Waals surface area contributed by atoms with Crippen molar-refractivity contribution in [3.63, 3.8) is 0 Å². The van der Waals surface area contributed by atoms with Crippen molar-refractivity contribution in [1.82, 2.24) is 0 Å². The summed E-state index contributed by atoms with van der Waals surface area (Å²) in [7, 11) is 0. The summed E-state index contributed by atoms with van der Waals surface area (Å²) in [5, 5.41) is 27.2. The van der Waals surface area contributed by atoms with Crippen molar-refractivity contribution in [2.45, 2.75) is 83.2 Å². The minimum absolute atomic E-state index is 0.105. The number of hydrogen-bond acceptors (Lipinski definition) is 4. The van der Waals surface area contributed by atoms with Gasteiger partial charge in [0.15, 0.2) is 5.78 Å². The predicted octanol–water partition coefficient (Wildman–Crippen LogP) is 2.77. The molecular weight excluding hydrogens is 288 g/mol. The number of carbonyl (C=O) groups is 3. The Bertz CT molecular complexity index is 366. The van der Waals surface area contributed by atoms with E-state index in [9.17, 15) is 19.5 Å². The van der Waals surface area contributed by atoms with Crippen molar-refractivity contribution in [3.05, 3.63) is 0 Å². The molecule has 0 saturated carbocycles. The topological polar surface area (TPSA) is 112 Å². The van der Waals surface area contributed by atoms with E-state index in [1.165, 1.54) is 25.7 Å². The van der Waals surface area contributed by atoms with Gasteiger partial charge >= 0.3 is 11.9 Å². The molecule has 0 fully saturated rings. The summed E-state index contributed by atoms with van der Waals surface area (Å²) < 4.78 is 0. The molecule has 0 rings (SSSR count). The number of hydrogen-bond donors (Lipinski definition) is 3. The normalized spacial score (nSPS) is 13.5. The molecule has 1 unspecified atom stereocenters. The van der Waals surface area contributed by atoms with Gasteiger partial charge in [-0.15, -0.1) is 0 Å². The predicted molar refractivity (Wildman–Crippen MR) is 81.7 cm³/mol. The van der Waals surface area contributed by atoms with Gasteiger partial charge in [0.2, 0.25) is 5.60 Å². The Morgan fingerprint density at radius 2 is 1.27 bits per heavy atom. The number of unbranched alkanes of at least 4 members (excludes halogenated alkanes) is 8. The summed E-state index contributed by atoms with van der Waals surface area (Å²) in [6.45, 7) is 2.17. The molecule has 0 spiro atoms. The van der Waals surface area contributed by atoms with Crippen molar-refractivity contribution in [3.8, 4) is 0 Å². The Morgan fingerprint density at radius 3 is 1.68 bits per heavy atom. The van der Waals surface area contributed by atoms with E-state index in [1.54, 1.807) is 0 Å². The maximum absolute atomic E-state index is 11.8. The molecule has 0 aliphatic rings. The van der Waals surface area contributed by atoms with Crippen LogP contribution >= 0.6 is 0 Å². The molecular formula is C16H28O6. The number of carboxylic acids is 2. The average Bonchev–Trinajstić information content (AvgIpc) is 2.44. The number of carbonyl (C=O) groups excluding carboxylic acids is 1. The minimum atomic E-state index is -2.80. The van der Waals surface area contributed by atoms with Gasteiger partial charge in [-0.3, -0.25) is 9.59 Å². The highest BCUT2D eigenvalue weighted by molar-refractivity contribution is 6.08. The molecule has 22 heavy (non-hydrogen) atoms. The number of ketones is 1. The molecule has 0 aromatic carbocycles. The smallest absolute Gasteiger partial charge is 0.344 e. The Morgan fingerprint density at radius 1 is 0.818 bits per heavy atom. The largest absolute Gasteiger partial charge is 0.481 e. The van der Waals surface area contributed by atoms with Crippen LogP contribution in [0.3, 0.4) is 0 Å². The van der Waals surface area contributed by atoms with Gasteiger partial charge in [0.1, 0.15) is 0 Å². The van der Waals surface area contributed by atoms with Gasteiger partial charge in [0.25, 0.3) is 0 Å². The maximum atomic E-state index is 11.8. The number of rotatable bonds is 14. The summed E-state index contributed by atoms with van der Waals surface area (Å²) in [6, 6.07) is 0. The van der Waals surface area contributed by atoms with Gasteiger partial charge in [-0.05, 0) is 6.42 Å². The fourth-order valence-corrected chi connectivity index (χ4v) is 2.32. The van der Waals surface area contributed by atoms with Crippen LogP contribution in [0.2, 0.25) is 0 Å². The van der Waals surface area contributed by atoms with E-state index in [2.05, 4.69) is 6.92 Å². The molecule has 0 heterocycles. The first-order valence-corrected chi connectivity index (χ1v) is 8.05. The number of carboxylic acid groups (broad SMARTS) is 2. The lowest BCUT2D eigenvalue weighted by Gasteiger charge is -2.19. The van der Waals surface area contributed by atoms with E-state index in [1.807, 2.05) is 0 Å². The van der Waals surface area contributed by atoms with Crippen LogP contribution in [0.15, 0.2) is 0 Å². The summed E-state index contributed by atoms with van der Waals surface area (Å²) in [5.41, 5.74) is -2.80. The van der Waals surface area contributed by atoms with Crippen LogP contribution in [-0.2, 0) is 14.4 Å². The molecule has 6 nitrogen and oxygen atoms in total. The minimum Gasteiger partial charge on any atom is -0.481 e. The van der Waals surface area contributed by atoms with Gasteiger partial charge < -0.3 is 15.3 Å². The molecule has 0 saturated heterocycles. The third-order valence-corrected chi connectivity index (χ3v) is 3.73. The van der Waals surface area contributed by atoms with E-state index < -0.39 is 29.7 Å². The molecule has 6 heteroatoms. The molecule has 0 bridgehead atoms. The zero-order chi connectivity index (χ0) is 17.0. The molecule has 0 amide bonds. The molecule has 128 valence electrons. The third kappa shape index (κ3) is 8.12. The Labute approximate surface area is 131 Å². The van der Waals surface area contributed by atoms with Gasteiger partial charge in [0.05, 0.1) is 6.42 Å². The average molecular weight is 316 g/mol. The highest BCUT2D eigenvalue weighted by Crippen LogP contribution is 2.18. The van der Waals surface area contributed by atoms with Crippen molar-refractivity contribution in [2.75, 3.05) is 0 Å². The van der Waals surface area contributed by atoms with E-state index in [-0.39, 0.29) is 6.42 Å². The SMILES string of the molecule is CCCCCCCCCCCC(=O)C(O)(CC(=O)O)C(=O)O. The highest BCUT2D eigenvalue weighted by Gasteiger charge is 2.45. The van der Waals surface area contributed by atoms with E-state index in [0.717, 1.165) is 25.7 Å². The van der Waals surface area contributed by atoms with Gasteiger partial charge in [-0.2, -0.15) is 0 Å². The Hall–Kier alpha value is -1.43. The molecule has 1 atom stereocenters. The standard InChI is InChI=1S/C16H28O6/c1-2-3-4-5-6-7-8-9-10-11-13(17)16(22,15(20)21)12-14(18)19/h22H,2-12H2,1H3,(H,18,19)(H,20,21). The van der Waals surface area contributed by atoms with Crippen LogP contribution < -0.4 is 0 Å². The van der Waals surface area contributed by atoms with Crippen molar-refractivity contribution in [1.29, 1.82) is 0 Å². The van der Waals surface area contributed by atoms with Gasteiger partial charge in [-0.1, -0.05) is 58.3 Å².